The van der Waals surface area contributed by atoms with E-state index in [0.717, 1.165) is 11.7 Å². The number of rotatable bonds is 7. The van der Waals surface area contributed by atoms with E-state index in [2.05, 4.69) is 14.1 Å². The number of ether oxygens (including phenoxy) is 1. The van der Waals surface area contributed by atoms with Crippen molar-refractivity contribution in [2.75, 3.05) is 13.2 Å². The van der Waals surface area contributed by atoms with Crippen LogP contribution in [0.25, 0.3) is 0 Å². The van der Waals surface area contributed by atoms with Crippen molar-refractivity contribution in [1.82, 2.24) is 19.0 Å². The normalized spacial score (nSPS) is 12.6. The summed E-state index contributed by atoms with van der Waals surface area (Å²) in [6, 6.07) is -0.146. The Labute approximate surface area is 123 Å². The summed E-state index contributed by atoms with van der Waals surface area (Å²) in [5, 5.41) is 12.8. The lowest BCUT2D eigenvalue weighted by Crippen LogP contribution is -2.50. The third-order valence-corrected chi connectivity index (χ3v) is 2.93. The maximum atomic E-state index is 12.0. The van der Waals surface area contributed by atoms with Gasteiger partial charge in [-0.2, -0.15) is 4.37 Å². The van der Waals surface area contributed by atoms with Crippen molar-refractivity contribution in [1.29, 1.82) is 0 Å². The highest BCUT2D eigenvalue weighted by atomic mass is 32.1. The minimum Gasteiger partial charge on any atom is -0.473 e. The SMILES string of the molecule is CC(C)NC(=O)N(CC(O)COc1cnsn1)C(C)C. The van der Waals surface area contributed by atoms with E-state index in [9.17, 15) is 9.90 Å². The summed E-state index contributed by atoms with van der Waals surface area (Å²) < 4.78 is 13.0. The summed E-state index contributed by atoms with van der Waals surface area (Å²) in [6.45, 7) is 7.86. The van der Waals surface area contributed by atoms with Crippen molar-refractivity contribution < 1.29 is 14.6 Å². The van der Waals surface area contributed by atoms with Gasteiger partial charge in [0.2, 0.25) is 5.88 Å². The Bertz CT molecular complexity index is 397. The van der Waals surface area contributed by atoms with Crippen molar-refractivity contribution in [3.63, 3.8) is 0 Å². The van der Waals surface area contributed by atoms with Crippen LogP contribution in [0, 0.1) is 0 Å². The molecule has 0 aliphatic rings. The second kappa shape index (κ2) is 8.01. The Hall–Kier alpha value is -1.41. The van der Waals surface area contributed by atoms with Gasteiger partial charge in [-0.05, 0) is 27.7 Å². The molecular formula is C12H22N4O3S. The molecule has 0 bridgehead atoms. The van der Waals surface area contributed by atoms with E-state index in [1.807, 2.05) is 27.7 Å². The van der Waals surface area contributed by atoms with Gasteiger partial charge in [0.25, 0.3) is 0 Å². The van der Waals surface area contributed by atoms with Gasteiger partial charge in [0, 0.05) is 12.1 Å². The number of hydrogen-bond acceptors (Lipinski definition) is 6. The second-order valence-corrected chi connectivity index (χ2v) is 5.62. The molecule has 8 heteroatoms. The molecule has 1 aromatic rings. The largest absolute Gasteiger partial charge is 0.473 e. The first kappa shape index (κ1) is 16.6. The molecule has 1 unspecified atom stereocenters. The highest BCUT2D eigenvalue weighted by molar-refractivity contribution is 6.99. The van der Waals surface area contributed by atoms with Gasteiger partial charge in [-0.1, -0.05) is 0 Å². The van der Waals surface area contributed by atoms with Crippen molar-refractivity contribution in [3.05, 3.63) is 6.20 Å². The van der Waals surface area contributed by atoms with Crippen LogP contribution in [0.1, 0.15) is 27.7 Å². The van der Waals surface area contributed by atoms with Crippen LogP contribution in [0.5, 0.6) is 5.88 Å². The molecule has 1 rings (SSSR count). The summed E-state index contributed by atoms with van der Waals surface area (Å²) in [5.41, 5.74) is 0. The highest BCUT2D eigenvalue weighted by Crippen LogP contribution is 2.07. The standard InChI is InChI=1S/C12H22N4O3S/c1-8(2)14-12(18)16(9(3)4)6-10(17)7-19-11-5-13-20-15-11/h5,8-10,17H,6-7H2,1-4H3,(H,14,18). The Morgan fingerprint density at radius 3 is 2.70 bits per heavy atom. The second-order valence-electron chi connectivity index (χ2n) is 5.06. The topological polar surface area (TPSA) is 87.6 Å². The Morgan fingerprint density at radius 1 is 1.50 bits per heavy atom. The number of urea groups is 1. The van der Waals surface area contributed by atoms with Crippen molar-refractivity contribution in [2.24, 2.45) is 0 Å². The van der Waals surface area contributed by atoms with Crippen LogP contribution in [-0.2, 0) is 0 Å². The van der Waals surface area contributed by atoms with E-state index in [0.29, 0.717) is 5.88 Å². The van der Waals surface area contributed by atoms with E-state index in [-0.39, 0.29) is 31.3 Å². The molecule has 0 aliphatic carbocycles. The monoisotopic (exact) mass is 302 g/mol. The molecule has 0 aliphatic heterocycles. The molecule has 1 atom stereocenters. The third-order valence-electron chi connectivity index (χ3n) is 2.47. The fourth-order valence-electron chi connectivity index (χ4n) is 1.54. The molecule has 0 saturated carbocycles. The number of aliphatic hydroxyl groups excluding tert-OH is 1. The van der Waals surface area contributed by atoms with Gasteiger partial charge in [-0.3, -0.25) is 0 Å². The van der Waals surface area contributed by atoms with Crippen molar-refractivity contribution in [3.8, 4) is 5.88 Å². The zero-order valence-corrected chi connectivity index (χ0v) is 13.1. The van der Waals surface area contributed by atoms with Crippen LogP contribution in [0.3, 0.4) is 0 Å². The quantitative estimate of drug-likeness (QED) is 0.787. The van der Waals surface area contributed by atoms with Gasteiger partial charge < -0.3 is 20.1 Å². The first-order chi connectivity index (χ1) is 9.40. The Kier molecular flexibility index (Phi) is 6.66. The molecule has 0 radical (unpaired) electrons. The van der Waals surface area contributed by atoms with Gasteiger partial charge in [0.15, 0.2) is 0 Å². The molecular weight excluding hydrogens is 280 g/mol. The number of carbonyl (C=O) groups is 1. The van der Waals surface area contributed by atoms with E-state index in [4.69, 9.17) is 4.74 Å². The first-order valence-corrected chi connectivity index (χ1v) is 7.28. The molecule has 1 heterocycles. The molecule has 0 saturated heterocycles. The lowest BCUT2D eigenvalue weighted by Gasteiger charge is -2.29. The number of nitrogens with zero attached hydrogens (tertiary/aromatic N) is 3. The minimum atomic E-state index is -0.781. The maximum absolute atomic E-state index is 12.0. The van der Waals surface area contributed by atoms with Crippen LogP contribution in [0.4, 0.5) is 4.79 Å². The number of nitrogens with one attached hydrogen (secondary N) is 1. The van der Waals surface area contributed by atoms with E-state index in [1.54, 1.807) is 4.90 Å². The van der Waals surface area contributed by atoms with Crippen molar-refractivity contribution in [2.45, 2.75) is 45.9 Å². The molecule has 0 fully saturated rings. The van der Waals surface area contributed by atoms with Gasteiger partial charge in [0.05, 0.1) is 18.3 Å². The Morgan fingerprint density at radius 2 is 2.20 bits per heavy atom. The van der Waals surface area contributed by atoms with Gasteiger partial charge in [0.1, 0.15) is 18.9 Å². The summed E-state index contributed by atoms with van der Waals surface area (Å²) in [4.78, 5) is 13.6. The van der Waals surface area contributed by atoms with Gasteiger partial charge >= 0.3 is 6.03 Å². The third kappa shape index (κ3) is 5.70. The van der Waals surface area contributed by atoms with E-state index < -0.39 is 6.10 Å². The number of amides is 2. The van der Waals surface area contributed by atoms with Crippen LogP contribution in [0.2, 0.25) is 0 Å². The molecule has 0 spiro atoms. The molecule has 2 amide bonds. The Balaban J connectivity index is 2.45. The molecule has 114 valence electrons. The van der Waals surface area contributed by atoms with Gasteiger partial charge in [-0.15, -0.1) is 4.37 Å². The molecule has 2 N–H and O–H groups in total. The summed E-state index contributed by atoms with van der Waals surface area (Å²) in [7, 11) is 0. The lowest BCUT2D eigenvalue weighted by atomic mass is 10.2. The van der Waals surface area contributed by atoms with E-state index in [1.165, 1.54) is 6.20 Å². The van der Waals surface area contributed by atoms with Crippen LogP contribution in [0.15, 0.2) is 6.20 Å². The van der Waals surface area contributed by atoms with Crippen LogP contribution < -0.4 is 10.1 Å². The smallest absolute Gasteiger partial charge is 0.317 e. The number of aliphatic hydroxyl groups is 1. The molecule has 20 heavy (non-hydrogen) atoms. The van der Waals surface area contributed by atoms with Crippen LogP contribution >= 0.6 is 11.7 Å². The number of aromatic nitrogens is 2. The summed E-state index contributed by atoms with van der Waals surface area (Å²) >= 11 is 1.04. The average molecular weight is 302 g/mol. The van der Waals surface area contributed by atoms with E-state index >= 15 is 0 Å². The minimum absolute atomic E-state index is 0.00987. The predicted molar refractivity (Wildman–Crippen MR) is 76.9 cm³/mol. The molecule has 7 nitrogen and oxygen atoms in total. The molecule has 1 aromatic heterocycles. The fourth-order valence-corrected chi connectivity index (χ4v) is 1.90. The van der Waals surface area contributed by atoms with Gasteiger partial charge in [-0.25, -0.2) is 4.79 Å². The van der Waals surface area contributed by atoms with Crippen LogP contribution in [-0.4, -0.2) is 56.1 Å². The molecule has 0 aromatic carbocycles. The van der Waals surface area contributed by atoms with Crippen molar-refractivity contribution >= 4 is 17.8 Å². The fraction of sp³-hybridized carbons (Fsp3) is 0.750. The number of carbonyl (C=O) groups excluding carboxylic acids is 1. The zero-order chi connectivity index (χ0) is 15.1. The average Bonchev–Trinajstić information content (AvgIpc) is 2.85. The number of hydrogen-bond donors (Lipinski definition) is 2. The predicted octanol–water partition coefficient (Wildman–Crippen LogP) is 1.11. The summed E-state index contributed by atoms with van der Waals surface area (Å²) in [6.07, 6.45) is 0.709. The maximum Gasteiger partial charge on any atom is 0.317 e. The summed E-state index contributed by atoms with van der Waals surface area (Å²) in [5.74, 6) is 0.386. The lowest BCUT2D eigenvalue weighted by molar-refractivity contribution is 0.0673. The highest BCUT2D eigenvalue weighted by Gasteiger charge is 2.21. The zero-order valence-electron chi connectivity index (χ0n) is 12.2. The first-order valence-electron chi connectivity index (χ1n) is 6.55.